The van der Waals surface area contributed by atoms with E-state index in [4.69, 9.17) is 16.3 Å². The van der Waals surface area contributed by atoms with Crippen molar-refractivity contribution >= 4 is 29.2 Å². The molecule has 2 aromatic carbocycles. The average molecular weight is 525 g/mol. The third kappa shape index (κ3) is 4.82. The van der Waals surface area contributed by atoms with Crippen LogP contribution in [0.5, 0.6) is 5.75 Å². The van der Waals surface area contributed by atoms with Gasteiger partial charge in [-0.1, -0.05) is 35.9 Å². The molecule has 0 fully saturated rings. The van der Waals surface area contributed by atoms with Crippen LogP contribution in [0.25, 0.3) is 0 Å². The van der Waals surface area contributed by atoms with E-state index in [9.17, 15) is 19.8 Å². The molecule has 2 aromatic rings. The summed E-state index contributed by atoms with van der Waals surface area (Å²) < 4.78 is 6.43. The first-order valence-electron chi connectivity index (χ1n) is 12.9. The fourth-order valence-electron chi connectivity index (χ4n) is 5.92. The number of benzene rings is 2. The molecule has 2 atom stereocenters. The van der Waals surface area contributed by atoms with Crippen LogP contribution < -0.4 is 9.64 Å². The highest BCUT2D eigenvalue weighted by Gasteiger charge is 2.44. The number of likely N-dealkylation sites (N-methyl/N-ethyl adjacent to an activating group) is 1. The van der Waals surface area contributed by atoms with E-state index >= 15 is 0 Å². The van der Waals surface area contributed by atoms with Crippen LogP contribution in [0.3, 0.4) is 0 Å². The molecule has 1 amide bonds. The minimum atomic E-state index is -2.35. The molecule has 1 aliphatic carbocycles. The molecule has 0 radical (unpaired) electrons. The fraction of sp³-hybridized carbons (Fsp3) is 0.448. The molecule has 0 unspecified atom stereocenters. The van der Waals surface area contributed by atoms with E-state index in [1.54, 1.807) is 25.2 Å². The van der Waals surface area contributed by atoms with E-state index < -0.39 is 23.9 Å². The first kappa shape index (κ1) is 25.6. The van der Waals surface area contributed by atoms with E-state index in [1.165, 1.54) is 16.0 Å². The number of hydrogen-bond acceptors (Lipinski definition) is 5. The maximum Gasteiger partial charge on any atom is 0.340 e. The van der Waals surface area contributed by atoms with E-state index in [-0.39, 0.29) is 11.0 Å². The van der Waals surface area contributed by atoms with Crippen LogP contribution in [0.4, 0.5) is 5.69 Å². The minimum Gasteiger partial charge on any atom is -0.490 e. The second-order valence-corrected chi connectivity index (χ2v) is 11.0. The minimum absolute atomic E-state index is 0.175. The number of fused-ring (bicyclic) bond motifs is 3. The quantitative estimate of drug-likeness (QED) is 0.541. The molecule has 1 spiro atoms. The zero-order valence-corrected chi connectivity index (χ0v) is 21.8. The molecule has 2 N–H and O–H groups in total. The highest BCUT2D eigenvalue weighted by molar-refractivity contribution is 6.30. The van der Waals surface area contributed by atoms with E-state index in [0.717, 1.165) is 49.4 Å². The fourth-order valence-corrected chi connectivity index (χ4v) is 6.11. The predicted molar refractivity (Wildman–Crippen MR) is 142 cm³/mol. The maximum absolute atomic E-state index is 12.8. The predicted octanol–water partition coefficient (Wildman–Crippen LogP) is 4.28. The molecule has 0 saturated heterocycles. The summed E-state index contributed by atoms with van der Waals surface area (Å²) in [5, 5.41) is 22.1. The summed E-state index contributed by atoms with van der Waals surface area (Å²) in [6, 6.07) is 11.1. The lowest BCUT2D eigenvalue weighted by Crippen LogP contribution is -2.46. The molecule has 2 heterocycles. The van der Waals surface area contributed by atoms with Crippen LogP contribution in [-0.2, 0) is 27.0 Å². The first-order valence-corrected chi connectivity index (χ1v) is 13.3. The number of aliphatic hydroxyl groups is 1. The summed E-state index contributed by atoms with van der Waals surface area (Å²) in [6.07, 6.45) is 8.14. The van der Waals surface area contributed by atoms with E-state index in [2.05, 4.69) is 23.1 Å². The highest BCUT2D eigenvalue weighted by atomic mass is 35.5. The molecule has 37 heavy (non-hydrogen) atoms. The van der Waals surface area contributed by atoms with Gasteiger partial charge in [0.05, 0.1) is 18.7 Å². The van der Waals surface area contributed by atoms with Crippen LogP contribution >= 0.6 is 11.6 Å². The molecule has 3 aliphatic rings. The van der Waals surface area contributed by atoms with Crippen molar-refractivity contribution in [3.05, 3.63) is 70.3 Å². The number of carboxylic acid groups (broad SMARTS) is 1. The third-order valence-electron chi connectivity index (χ3n) is 8.05. The lowest BCUT2D eigenvalue weighted by molar-refractivity contribution is -0.164. The zero-order chi connectivity index (χ0) is 26.2. The molecule has 7 nitrogen and oxygen atoms in total. The number of halogens is 1. The Labute approximate surface area is 222 Å². The largest absolute Gasteiger partial charge is 0.490 e. The number of carboxylic acids is 1. The van der Waals surface area contributed by atoms with Crippen molar-refractivity contribution in [3.63, 3.8) is 0 Å². The van der Waals surface area contributed by atoms with Crippen LogP contribution in [0.15, 0.2) is 48.6 Å². The van der Waals surface area contributed by atoms with Gasteiger partial charge in [-0.2, -0.15) is 0 Å². The summed E-state index contributed by atoms with van der Waals surface area (Å²) in [7, 11) is 1.61. The Bertz CT molecular complexity index is 1250. The van der Waals surface area contributed by atoms with Gasteiger partial charge in [0.1, 0.15) is 5.75 Å². The lowest BCUT2D eigenvalue weighted by Gasteiger charge is -2.41. The lowest BCUT2D eigenvalue weighted by atomic mass is 9.70. The number of amides is 1. The summed E-state index contributed by atoms with van der Waals surface area (Å²) in [5.74, 6) is -1.24. The van der Waals surface area contributed by atoms with Crippen LogP contribution in [-0.4, -0.2) is 60.3 Å². The van der Waals surface area contributed by atoms with E-state index in [1.807, 2.05) is 12.1 Å². The van der Waals surface area contributed by atoms with Gasteiger partial charge in [-0.25, -0.2) is 4.79 Å². The maximum atomic E-state index is 12.8. The van der Waals surface area contributed by atoms with Gasteiger partial charge >= 0.3 is 5.97 Å². The summed E-state index contributed by atoms with van der Waals surface area (Å²) in [6.45, 7) is 2.31. The number of nitrogens with zero attached hydrogens (tertiary/aromatic N) is 2. The Kier molecular flexibility index (Phi) is 6.94. The molecule has 5 rings (SSSR count). The number of aryl methyl sites for hydroxylation is 1. The van der Waals surface area contributed by atoms with Crippen LogP contribution in [0, 0.1) is 0 Å². The van der Waals surface area contributed by atoms with Crippen molar-refractivity contribution in [2.75, 3.05) is 38.2 Å². The van der Waals surface area contributed by atoms with Crippen molar-refractivity contribution in [2.24, 2.45) is 0 Å². The number of carbonyl (C=O) groups excluding carboxylic acids is 1. The molecule has 0 aromatic heterocycles. The number of rotatable bonds is 1. The van der Waals surface area contributed by atoms with Gasteiger partial charge in [0.25, 0.3) is 0 Å². The highest BCUT2D eigenvalue weighted by Crippen LogP contribution is 2.45. The van der Waals surface area contributed by atoms with Crippen molar-refractivity contribution < 1.29 is 24.5 Å². The number of hydrogen-bond donors (Lipinski definition) is 2. The SMILES string of the molecule is CN1C/C=C\CCCN2C[C@@]3(CCCc4cc(Cl)ccc43)COc3ccc(cc32)[C@@](O)(C(=O)O)CC1=O. The summed E-state index contributed by atoms with van der Waals surface area (Å²) in [4.78, 5) is 28.8. The van der Waals surface area contributed by atoms with Gasteiger partial charge in [-0.3, -0.25) is 4.79 Å². The summed E-state index contributed by atoms with van der Waals surface area (Å²) in [5.41, 5.74) is 0.844. The van der Waals surface area contributed by atoms with Crippen molar-refractivity contribution in [1.82, 2.24) is 4.90 Å². The van der Waals surface area contributed by atoms with Gasteiger partial charge in [0.15, 0.2) is 5.60 Å². The number of anilines is 1. The zero-order valence-electron chi connectivity index (χ0n) is 21.1. The molecule has 8 heteroatoms. The van der Waals surface area contributed by atoms with E-state index in [0.29, 0.717) is 25.4 Å². The molecular weight excluding hydrogens is 492 g/mol. The van der Waals surface area contributed by atoms with Crippen LogP contribution in [0.1, 0.15) is 48.8 Å². The molecule has 196 valence electrons. The topological polar surface area (TPSA) is 90.3 Å². The Morgan fingerprint density at radius 3 is 2.78 bits per heavy atom. The summed E-state index contributed by atoms with van der Waals surface area (Å²) >= 11 is 6.32. The Morgan fingerprint density at radius 1 is 1.14 bits per heavy atom. The molecule has 0 saturated carbocycles. The second-order valence-electron chi connectivity index (χ2n) is 10.6. The standard InChI is InChI=1S/C29H33ClN2O5/c1-31-13-4-2-3-5-14-32-18-28(12-6-7-20-15-22(30)9-10-23(20)28)19-37-25-11-8-21(16-24(25)32)29(36,27(34)35)17-26(31)33/h2,4,8-11,15-16,36H,3,5-7,12-14,17-19H2,1H3,(H,34,35)/b4-2-/t28-,29+/m0/s1. The Hall–Kier alpha value is -3.03. The average Bonchev–Trinajstić information content (AvgIpc) is 3.02. The molecule has 2 aliphatic heterocycles. The van der Waals surface area contributed by atoms with Gasteiger partial charge in [0, 0.05) is 37.1 Å². The number of allylic oxidation sites excluding steroid dienone is 1. The van der Waals surface area contributed by atoms with Crippen molar-refractivity contribution in [1.29, 1.82) is 0 Å². The third-order valence-corrected chi connectivity index (χ3v) is 8.28. The van der Waals surface area contributed by atoms with Crippen molar-refractivity contribution in [3.8, 4) is 5.75 Å². The Morgan fingerprint density at radius 2 is 1.97 bits per heavy atom. The van der Waals surface area contributed by atoms with Crippen molar-refractivity contribution in [2.45, 2.75) is 49.5 Å². The van der Waals surface area contributed by atoms with Gasteiger partial charge in [-0.05, 0) is 73.1 Å². The van der Waals surface area contributed by atoms with Gasteiger partial charge < -0.3 is 24.7 Å². The number of ether oxygens (including phenoxy) is 1. The first-order chi connectivity index (χ1) is 17.7. The smallest absolute Gasteiger partial charge is 0.340 e. The Balaban J connectivity index is 1.60. The molecule has 2 bridgehead atoms. The van der Waals surface area contributed by atoms with Gasteiger partial charge in [-0.15, -0.1) is 0 Å². The van der Waals surface area contributed by atoms with Gasteiger partial charge in [0.2, 0.25) is 5.91 Å². The monoisotopic (exact) mass is 524 g/mol. The molecular formula is C29H33ClN2O5. The number of aliphatic carboxylic acids is 1. The number of carbonyl (C=O) groups is 2. The normalized spacial score (nSPS) is 27.1. The second kappa shape index (κ2) is 10.0. The van der Waals surface area contributed by atoms with Crippen LogP contribution in [0.2, 0.25) is 5.02 Å².